The molecule has 1 heterocycles. The summed E-state index contributed by atoms with van der Waals surface area (Å²) in [7, 11) is -8.38. The molecule has 4 rings (SSSR count). The zero-order chi connectivity index (χ0) is 26.5. The molecular weight excluding hydrogens is 568 g/mol. The van der Waals surface area contributed by atoms with Crippen molar-refractivity contribution in [3.8, 4) is 6.07 Å². The second-order valence-electron chi connectivity index (χ2n) is 8.37. The van der Waals surface area contributed by atoms with Gasteiger partial charge >= 0.3 is 7.82 Å². The van der Waals surface area contributed by atoms with Gasteiger partial charge in [0.15, 0.2) is 0 Å². The highest BCUT2D eigenvalue weighted by Crippen LogP contribution is 2.37. The van der Waals surface area contributed by atoms with E-state index in [0.29, 0.717) is 39.6 Å². The zero-order valence-electron chi connectivity index (χ0n) is 19.1. The summed E-state index contributed by atoms with van der Waals surface area (Å²) in [5.41, 5.74) is 0.316. The van der Waals surface area contributed by atoms with Crippen molar-refractivity contribution in [3.63, 3.8) is 0 Å². The summed E-state index contributed by atoms with van der Waals surface area (Å²) >= 11 is 13.5. The minimum absolute atomic E-state index is 0.155. The summed E-state index contributed by atoms with van der Waals surface area (Å²) in [5, 5.41) is 10.3. The summed E-state index contributed by atoms with van der Waals surface area (Å²) in [6.45, 7) is 2.41. The highest BCUT2D eigenvalue weighted by atomic mass is 35.5. The van der Waals surface area contributed by atoms with Crippen LogP contribution in [-0.2, 0) is 14.6 Å². The number of phosphoric acid groups is 1. The molecule has 14 heteroatoms. The van der Waals surface area contributed by atoms with E-state index in [1.807, 2.05) is 0 Å². The van der Waals surface area contributed by atoms with Gasteiger partial charge in [-0.15, -0.1) is 0 Å². The standard InChI is InChI=1S/C22H23Cl2N3O2S2.H3O4P/c23-17-12-18(24)14-20(13-17)30-21-6-5-16(15-25)11-22(21)31(28,29)27-9-7-26(8-10-27)19-3-1-2-4-19;1-5(2,3)4/h5-6,11-14,19H,1-4,7-10H2;(H3,1,2,3,4). The third kappa shape index (κ3) is 8.43. The van der Waals surface area contributed by atoms with Gasteiger partial charge in [-0.3, -0.25) is 4.90 Å². The Labute approximate surface area is 224 Å². The summed E-state index contributed by atoms with van der Waals surface area (Å²) < 4.78 is 37.5. The molecule has 2 aromatic rings. The van der Waals surface area contributed by atoms with Crippen molar-refractivity contribution in [1.82, 2.24) is 9.21 Å². The van der Waals surface area contributed by atoms with Crippen LogP contribution in [0.2, 0.25) is 10.0 Å². The van der Waals surface area contributed by atoms with Gasteiger partial charge in [-0.2, -0.15) is 9.57 Å². The van der Waals surface area contributed by atoms with Crippen LogP contribution in [0.1, 0.15) is 31.2 Å². The van der Waals surface area contributed by atoms with Gasteiger partial charge in [-0.1, -0.05) is 47.8 Å². The van der Waals surface area contributed by atoms with Gasteiger partial charge in [-0.05, 0) is 49.2 Å². The molecular formula is C22H26Cl2N3O6PS2. The maximum Gasteiger partial charge on any atom is 0.466 e. The van der Waals surface area contributed by atoms with Crippen LogP contribution < -0.4 is 0 Å². The van der Waals surface area contributed by atoms with Crippen LogP contribution in [0.5, 0.6) is 0 Å². The number of piperazine rings is 1. The Bertz CT molecular complexity index is 1240. The summed E-state index contributed by atoms with van der Waals surface area (Å²) in [6, 6.07) is 12.5. The first-order chi connectivity index (χ1) is 16.9. The number of nitrogens with zero attached hydrogens (tertiary/aromatic N) is 3. The van der Waals surface area contributed by atoms with Gasteiger partial charge < -0.3 is 14.7 Å². The molecule has 0 radical (unpaired) electrons. The van der Waals surface area contributed by atoms with Crippen molar-refractivity contribution in [1.29, 1.82) is 5.26 Å². The molecule has 0 spiro atoms. The van der Waals surface area contributed by atoms with Gasteiger partial charge in [0.25, 0.3) is 0 Å². The van der Waals surface area contributed by atoms with Crippen LogP contribution in [0.25, 0.3) is 0 Å². The fourth-order valence-corrected chi connectivity index (χ4v) is 7.83. The Hall–Kier alpha value is -1.16. The van der Waals surface area contributed by atoms with Crippen LogP contribution in [-0.4, -0.2) is 64.5 Å². The van der Waals surface area contributed by atoms with Crippen LogP contribution in [0.3, 0.4) is 0 Å². The predicted molar refractivity (Wildman–Crippen MR) is 139 cm³/mol. The molecule has 0 aromatic heterocycles. The molecule has 2 aliphatic rings. The molecule has 1 saturated carbocycles. The monoisotopic (exact) mass is 593 g/mol. The molecule has 1 aliphatic carbocycles. The smallest absolute Gasteiger partial charge is 0.303 e. The van der Waals surface area contributed by atoms with Crippen LogP contribution in [0.4, 0.5) is 0 Å². The van der Waals surface area contributed by atoms with E-state index >= 15 is 0 Å². The quantitative estimate of drug-likeness (QED) is 0.431. The molecule has 2 fully saturated rings. The lowest BCUT2D eigenvalue weighted by atomic mass is 10.2. The van der Waals surface area contributed by atoms with Crippen molar-refractivity contribution in [2.24, 2.45) is 0 Å². The van der Waals surface area contributed by atoms with E-state index in [1.165, 1.54) is 43.5 Å². The van der Waals surface area contributed by atoms with Crippen LogP contribution in [0.15, 0.2) is 51.1 Å². The van der Waals surface area contributed by atoms with E-state index in [-0.39, 0.29) is 4.90 Å². The SMILES string of the molecule is N#Cc1ccc(Sc2cc(Cl)cc(Cl)c2)c(S(=O)(=O)N2CCN(C3CCCC3)CC2)c1.O=P(O)(O)O. The number of rotatable bonds is 5. The highest BCUT2D eigenvalue weighted by molar-refractivity contribution is 8.00. The molecule has 2 aromatic carbocycles. The van der Waals surface area contributed by atoms with E-state index in [0.717, 1.165) is 18.0 Å². The third-order valence-electron chi connectivity index (χ3n) is 5.87. The van der Waals surface area contributed by atoms with Gasteiger partial charge in [0.1, 0.15) is 0 Å². The summed E-state index contributed by atoms with van der Waals surface area (Å²) in [5.74, 6) is 0. The minimum Gasteiger partial charge on any atom is -0.303 e. The molecule has 0 unspecified atom stereocenters. The molecule has 36 heavy (non-hydrogen) atoms. The molecule has 9 nitrogen and oxygen atoms in total. The maximum atomic E-state index is 13.6. The number of benzene rings is 2. The first kappa shape index (κ1) is 29.4. The summed E-state index contributed by atoms with van der Waals surface area (Å²) in [6.07, 6.45) is 4.94. The Morgan fingerprint density at radius 1 is 0.972 bits per heavy atom. The number of nitriles is 1. The number of halogens is 2. The average molecular weight is 594 g/mol. The first-order valence-electron chi connectivity index (χ1n) is 11.1. The second kappa shape index (κ2) is 12.6. The van der Waals surface area contributed by atoms with E-state index in [9.17, 15) is 13.7 Å². The maximum absolute atomic E-state index is 13.6. The molecule has 1 aliphatic heterocycles. The Morgan fingerprint density at radius 3 is 2.06 bits per heavy atom. The van der Waals surface area contributed by atoms with Crippen LogP contribution in [0, 0.1) is 11.3 Å². The van der Waals surface area contributed by atoms with Crippen LogP contribution >= 0.6 is 42.8 Å². The molecule has 0 bridgehead atoms. The lowest BCUT2D eigenvalue weighted by molar-refractivity contribution is 0.139. The van der Waals surface area contributed by atoms with Gasteiger partial charge in [0, 0.05) is 52.1 Å². The predicted octanol–water partition coefficient (Wildman–Crippen LogP) is 4.34. The topological polar surface area (TPSA) is 142 Å². The average Bonchev–Trinajstić information content (AvgIpc) is 3.32. The third-order valence-corrected chi connectivity index (χ3v) is 9.42. The molecule has 3 N–H and O–H groups in total. The molecule has 0 atom stereocenters. The minimum atomic E-state index is -4.64. The van der Waals surface area contributed by atoms with Crippen molar-refractivity contribution in [2.75, 3.05) is 26.2 Å². The van der Waals surface area contributed by atoms with Crippen molar-refractivity contribution in [2.45, 2.75) is 46.4 Å². The number of hydrogen-bond acceptors (Lipinski definition) is 6. The van der Waals surface area contributed by atoms with Crippen molar-refractivity contribution >= 4 is 52.8 Å². The fraction of sp³-hybridized carbons (Fsp3) is 0.409. The molecule has 1 saturated heterocycles. The molecule has 0 amide bonds. The normalized spacial score (nSPS) is 17.9. The summed E-state index contributed by atoms with van der Waals surface area (Å²) in [4.78, 5) is 25.4. The van der Waals surface area contributed by atoms with E-state index in [4.69, 9.17) is 42.4 Å². The van der Waals surface area contributed by atoms with Gasteiger partial charge in [0.05, 0.1) is 16.5 Å². The van der Waals surface area contributed by atoms with Crippen molar-refractivity contribution < 1.29 is 27.7 Å². The number of hydrogen-bond donors (Lipinski definition) is 3. The Kier molecular flexibility index (Phi) is 10.3. The molecule has 196 valence electrons. The highest BCUT2D eigenvalue weighted by Gasteiger charge is 2.33. The number of sulfonamides is 1. The van der Waals surface area contributed by atoms with E-state index in [2.05, 4.69) is 11.0 Å². The Balaban J connectivity index is 0.000000658. The zero-order valence-corrected chi connectivity index (χ0v) is 23.2. The van der Waals surface area contributed by atoms with Crippen molar-refractivity contribution in [3.05, 3.63) is 52.0 Å². The fourth-order valence-electron chi connectivity index (χ4n) is 4.30. The first-order valence-corrected chi connectivity index (χ1v) is 15.6. The van der Waals surface area contributed by atoms with Gasteiger partial charge in [0.2, 0.25) is 10.0 Å². The second-order valence-corrected chi connectivity index (χ2v) is 13.3. The van der Waals surface area contributed by atoms with E-state index < -0.39 is 17.8 Å². The largest absolute Gasteiger partial charge is 0.466 e. The lowest BCUT2D eigenvalue weighted by Crippen LogP contribution is -2.51. The van der Waals surface area contributed by atoms with Gasteiger partial charge in [-0.25, -0.2) is 13.0 Å². The van der Waals surface area contributed by atoms with E-state index in [1.54, 1.807) is 34.6 Å². The Morgan fingerprint density at radius 2 is 1.53 bits per heavy atom. The lowest BCUT2D eigenvalue weighted by Gasteiger charge is -2.37.